The topological polar surface area (TPSA) is 9.23 Å². The average molecular weight is 109 g/mol. The molecule has 0 N–H and O–H groups in total. The summed E-state index contributed by atoms with van der Waals surface area (Å²) < 4.78 is 4.75. The maximum atomic E-state index is 5.16. The predicted octanol–water partition coefficient (Wildman–Crippen LogP) is 1.61. The molecule has 0 fully saturated rings. The van der Waals surface area contributed by atoms with Gasteiger partial charge in [-0.05, 0) is 6.42 Å². The number of halogens is 1. The van der Waals surface area contributed by atoms with Crippen LogP contribution in [0, 0.1) is 0 Å². The molecule has 0 saturated carbocycles. The normalized spacial score (nSPS) is 9.00. The monoisotopic (exact) mass is 108 g/mol. The zero-order valence-electron chi connectivity index (χ0n) is 3.91. The Morgan fingerprint density at radius 1 is 1.67 bits per heavy atom. The first kappa shape index (κ1) is 6.25. The fraction of sp³-hybridized carbons (Fsp3) is 1.00. The molecule has 0 aromatic heterocycles. The Bertz CT molecular complexity index is 19.5. The van der Waals surface area contributed by atoms with Gasteiger partial charge in [-0.25, -0.2) is 0 Å². The Hall–Kier alpha value is 0.250. The van der Waals surface area contributed by atoms with Crippen LogP contribution in [0.15, 0.2) is 0 Å². The third-order valence-corrected chi connectivity index (χ3v) is 0.580. The third kappa shape index (κ3) is 4.25. The van der Waals surface area contributed by atoms with E-state index >= 15 is 0 Å². The molecule has 0 aliphatic rings. The summed E-state index contributed by atoms with van der Waals surface area (Å²) in [7, 11) is 0. The Labute approximate surface area is 43.3 Å². The number of hydrogen-bond donors (Lipinski definition) is 0. The van der Waals surface area contributed by atoms with Crippen LogP contribution in [0.3, 0.4) is 0 Å². The quantitative estimate of drug-likeness (QED) is 0.394. The van der Waals surface area contributed by atoms with Crippen molar-refractivity contribution >= 4 is 11.6 Å². The van der Waals surface area contributed by atoms with E-state index in [9.17, 15) is 0 Å². The minimum absolute atomic E-state index is 0.327. The van der Waals surface area contributed by atoms with E-state index in [1.165, 1.54) is 0 Å². The van der Waals surface area contributed by atoms with Crippen LogP contribution in [0.2, 0.25) is 0 Å². The molecule has 0 aromatic rings. The van der Waals surface area contributed by atoms with E-state index in [4.69, 9.17) is 16.3 Å². The molecule has 38 valence electrons. The second-order valence-corrected chi connectivity index (χ2v) is 1.24. The summed E-state index contributed by atoms with van der Waals surface area (Å²) in [6.45, 7) is 2.83. The molecule has 6 heavy (non-hydrogen) atoms. The average Bonchev–Trinajstić information content (AvgIpc) is 1.61. The van der Waals surface area contributed by atoms with Crippen LogP contribution in [-0.2, 0) is 4.74 Å². The molecule has 0 saturated heterocycles. The van der Waals surface area contributed by atoms with E-state index in [1.54, 1.807) is 0 Å². The number of ether oxygens (including phenoxy) is 1. The first-order chi connectivity index (χ1) is 2.91. The van der Waals surface area contributed by atoms with Crippen molar-refractivity contribution in [3.05, 3.63) is 0 Å². The molecule has 0 spiro atoms. The molecule has 0 atom stereocenters. The lowest BCUT2D eigenvalue weighted by Crippen LogP contribution is -1.86. The second kappa shape index (κ2) is 5.25. The minimum atomic E-state index is 0.327. The lowest BCUT2D eigenvalue weighted by atomic mass is 10.5. The van der Waals surface area contributed by atoms with Gasteiger partial charge in [-0.15, -0.1) is 0 Å². The van der Waals surface area contributed by atoms with Crippen LogP contribution in [0.4, 0.5) is 0 Å². The van der Waals surface area contributed by atoms with Gasteiger partial charge in [0.25, 0.3) is 0 Å². The molecule has 0 aliphatic heterocycles. The molecule has 0 rings (SSSR count). The van der Waals surface area contributed by atoms with Gasteiger partial charge in [0.05, 0.1) is 0 Å². The van der Waals surface area contributed by atoms with E-state index < -0.39 is 0 Å². The number of rotatable bonds is 3. The van der Waals surface area contributed by atoms with Gasteiger partial charge in [-0.3, -0.25) is 0 Å². The van der Waals surface area contributed by atoms with Crippen LogP contribution in [0.1, 0.15) is 13.3 Å². The maximum Gasteiger partial charge on any atom is 0.120 e. The number of hydrogen-bond acceptors (Lipinski definition) is 1. The molecule has 0 heterocycles. The molecular formula is C4H9ClO. The predicted molar refractivity (Wildman–Crippen MR) is 27.0 cm³/mol. The highest BCUT2D eigenvalue weighted by molar-refractivity contribution is 6.17. The standard InChI is InChI=1S/C4H9ClO/c1-2-3-6-4-5/h2-4H2,1H3. The molecule has 0 bridgehead atoms. The van der Waals surface area contributed by atoms with Crippen LogP contribution in [-0.4, -0.2) is 12.7 Å². The molecule has 0 unspecified atom stereocenters. The fourth-order valence-electron chi connectivity index (χ4n) is 0.199. The highest BCUT2D eigenvalue weighted by Crippen LogP contribution is 1.80. The van der Waals surface area contributed by atoms with Crippen molar-refractivity contribution in [1.29, 1.82) is 0 Å². The van der Waals surface area contributed by atoms with Crippen molar-refractivity contribution in [2.45, 2.75) is 13.3 Å². The van der Waals surface area contributed by atoms with Crippen molar-refractivity contribution in [1.82, 2.24) is 0 Å². The Morgan fingerprint density at radius 3 is 2.50 bits per heavy atom. The van der Waals surface area contributed by atoms with Gasteiger partial charge < -0.3 is 4.74 Å². The highest BCUT2D eigenvalue weighted by atomic mass is 35.5. The Balaban J connectivity index is 2.34. The van der Waals surface area contributed by atoms with E-state index in [0.29, 0.717) is 6.07 Å². The molecule has 0 aromatic carbocycles. The summed E-state index contributed by atoms with van der Waals surface area (Å²) in [5.41, 5.74) is 0. The number of alkyl halides is 1. The van der Waals surface area contributed by atoms with Gasteiger partial charge >= 0.3 is 0 Å². The molecule has 2 heteroatoms. The molecular weight excluding hydrogens is 99.5 g/mol. The van der Waals surface area contributed by atoms with Gasteiger partial charge in [0.1, 0.15) is 6.07 Å². The molecule has 0 aliphatic carbocycles. The Kier molecular flexibility index (Phi) is 5.47. The molecule has 0 amide bonds. The zero-order chi connectivity index (χ0) is 4.83. The van der Waals surface area contributed by atoms with Crippen molar-refractivity contribution in [2.75, 3.05) is 12.7 Å². The smallest absolute Gasteiger partial charge is 0.120 e. The SMILES string of the molecule is CCCOCCl. The van der Waals surface area contributed by atoms with Crippen molar-refractivity contribution < 1.29 is 4.74 Å². The first-order valence-electron chi connectivity index (χ1n) is 2.05. The van der Waals surface area contributed by atoms with Crippen molar-refractivity contribution in [3.63, 3.8) is 0 Å². The van der Waals surface area contributed by atoms with Crippen LogP contribution >= 0.6 is 11.6 Å². The van der Waals surface area contributed by atoms with Gasteiger partial charge in [0, 0.05) is 6.61 Å². The first-order valence-corrected chi connectivity index (χ1v) is 2.59. The maximum absolute atomic E-state index is 5.16. The van der Waals surface area contributed by atoms with Gasteiger partial charge in [-0.2, -0.15) is 0 Å². The fourth-order valence-corrected chi connectivity index (χ4v) is 0.308. The zero-order valence-corrected chi connectivity index (χ0v) is 4.66. The van der Waals surface area contributed by atoms with E-state index in [0.717, 1.165) is 13.0 Å². The third-order valence-electron chi connectivity index (χ3n) is 0.426. The van der Waals surface area contributed by atoms with Crippen LogP contribution in [0.5, 0.6) is 0 Å². The summed E-state index contributed by atoms with van der Waals surface area (Å²) in [4.78, 5) is 0. The summed E-state index contributed by atoms with van der Waals surface area (Å²) in [5.74, 6) is 0. The largest absolute Gasteiger partial charge is 0.366 e. The summed E-state index contributed by atoms with van der Waals surface area (Å²) >= 11 is 5.16. The lowest BCUT2D eigenvalue weighted by molar-refractivity contribution is 0.180. The van der Waals surface area contributed by atoms with E-state index in [1.807, 2.05) is 6.92 Å². The molecule has 1 nitrogen and oxygen atoms in total. The summed E-state index contributed by atoms with van der Waals surface area (Å²) in [6.07, 6.45) is 1.05. The molecule has 0 radical (unpaired) electrons. The van der Waals surface area contributed by atoms with E-state index in [-0.39, 0.29) is 0 Å². The van der Waals surface area contributed by atoms with Crippen LogP contribution < -0.4 is 0 Å². The summed E-state index contributed by atoms with van der Waals surface area (Å²) in [5, 5.41) is 0. The van der Waals surface area contributed by atoms with Gasteiger partial charge in [0.2, 0.25) is 0 Å². The lowest BCUT2D eigenvalue weighted by Gasteiger charge is -1.89. The van der Waals surface area contributed by atoms with Crippen LogP contribution in [0.25, 0.3) is 0 Å². The Morgan fingerprint density at radius 2 is 2.33 bits per heavy atom. The minimum Gasteiger partial charge on any atom is -0.366 e. The summed E-state index contributed by atoms with van der Waals surface area (Å²) in [6, 6.07) is 0.327. The van der Waals surface area contributed by atoms with Gasteiger partial charge in [0.15, 0.2) is 0 Å². The second-order valence-electron chi connectivity index (χ2n) is 1.02. The van der Waals surface area contributed by atoms with Crippen molar-refractivity contribution in [3.8, 4) is 0 Å². The van der Waals surface area contributed by atoms with Crippen molar-refractivity contribution in [2.24, 2.45) is 0 Å². The highest BCUT2D eigenvalue weighted by Gasteiger charge is 1.74. The van der Waals surface area contributed by atoms with E-state index in [2.05, 4.69) is 0 Å². The van der Waals surface area contributed by atoms with Gasteiger partial charge in [-0.1, -0.05) is 18.5 Å².